The van der Waals surface area contributed by atoms with Crippen molar-refractivity contribution in [3.63, 3.8) is 0 Å². The molecule has 0 aromatic rings. The van der Waals surface area contributed by atoms with Crippen LogP contribution >= 0.6 is 0 Å². The molecule has 2 saturated carbocycles. The van der Waals surface area contributed by atoms with Gasteiger partial charge in [-0.15, -0.1) is 0 Å². The standard InChI is InChI=1S/C14H24O2/c1-2-11-6-9-14(10-7-11)8-4-3-5-12(14)13(15)16/h11-12H,2-10H2,1H3,(H,15,16). The summed E-state index contributed by atoms with van der Waals surface area (Å²) in [6.07, 6.45) is 10.6. The third kappa shape index (κ3) is 2.11. The SMILES string of the molecule is CCC1CCC2(CCCCC2C(=O)O)CC1. The summed E-state index contributed by atoms with van der Waals surface area (Å²) in [5.74, 6) is 0.288. The molecule has 2 fully saturated rings. The molecule has 0 aliphatic heterocycles. The van der Waals surface area contributed by atoms with E-state index in [1.54, 1.807) is 0 Å². The van der Waals surface area contributed by atoms with Crippen LogP contribution in [0.1, 0.15) is 64.7 Å². The van der Waals surface area contributed by atoms with E-state index < -0.39 is 5.97 Å². The van der Waals surface area contributed by atoms with Crippen molar-refractivity contribution in [2.45, 2.75) is 64.7 Å². The van der Waals surface area contributed by atoms with Gasteiger partial charge in [0, 0.05) is 0 Å². The number of carboxylic acid groups (broad SMARTS) is 1. The second-order valence-corrected chi connectivity index (χ2v) is 5.85. The van der Waals surface area contributed by atoms with Gasteiger partial charge < -0.3 is 5.11 Å². The van der Waals surface area contributed by atoms with Crippen LogP contribution in [0.15, 0.2) is 0 Å². The Bertz CT molecular complexity index is 251. The predicted octanol–water partition coefficient (Wildman–Crippen LogP) is 3.85. The summed E-state index contributed by atoms with van der Waals surface area (Å²) in [6, 6.07) is 0. The van der Waals surface area contributed by atoms with E-state index in [1.807, 2.05) is 0 Å². The molecule has 1 N–H and O–H groups in total. The normalized spacial score (nSPS) is 39.8. The lowest BCUT2D eigenvalue weighted by Gasteiger charge is -2.46. The van der Waals surface area contributed by atoms with E-state index in [2.05, 4.69) is 6.92 Å². The molecule has 2 rings (SSSR count). The first-order valence-corrected chi connectivity index (χ1v) is 6.91. The molecule has 2 aliphatic rings. The fourth-order valence-corrected chi connectivity index (χ4v) is 3.95. The summed E-state index contributed by atoms with van der Waals surface area (Å²) >= 11 is 0. The topological polar surface area (TPSA) is 37.3 Å². The van der Waals surface area contributed by atoms with E-state index in [4.69, 9.17) is 0 Å². The minimum absolute atomic E-state index is 0.0425. The quantitative estimate of drug-likeness (QED) is 0.773. The molecule has 0 radical (unpaired) electrons. The highest BCUT2D eigenvalue weighted by Gasteiger charge is 2.46. The Morgan fingerprint density at radius 1 is 1.19 bits per heavy atom. The number of carbonyl (C=O) groups is 1. The van der Waals surface area contributed by atoms with E-state index in [0.29, 0.717) is 0 Å². The first kappa shape index (κ1) is 11.9. The van der Waals surface area contributed by atoms with Gasteiger partial charge in [-0.1, -0.05) is 26.2 Å². The van der Waals surface area contributed by atoms with Gasteiger partial charge in [0.15, 0.2) is 0 Å². The minimum Gasteiger partial charge on any atom is -0.481 e. The molecule has 0 aromatic heterocycles. The van der Waals surface area contributed by atoms with Crippen molar-refractivity contribution < 1.29 is 9.90 Å². The third-order valence-corrected chi connectivity index (χ3v) is 5.13. The lowest BCUT2D eigenvalue weighted by Crippen LogP contribution is -2.41. The smallest absolute Gasteiger partial charge is 0.307 e. The number of hydrogen-bond donors (Lipinski definition) is 1. The van der Waals surface area contributed by atoms with Crippen molar-refractivity contribution in [3.05, 3.63) is 0 Å². The van der Waals surface area contributed by atoms with E-state index in [1.165, 1.54) is 44.9 Å². The molecule has 0 heterocycles. The van der Waals surface area contributed by atoms with Crippen molar-refractivity contribution in [2.24, 2.45) is 17.3 Å². The molecule has 0 bridgehead atoms. The average Bonchev–Trinajstić information content (AvgIpc) is 2.30. The molecule has 0 aromatic carbocycles. The van der Waals surface area contributed by atoms with Gasteiger partial charge in [-0.2, -0.15) is 0 Å². The highest BCUT2D eigenvalue weighted by Crippen LogP contribution is 2.52. The van der Waals surface area contributed by atoms with Gasteiger partial charge in [0.05, 0.1) is 5.92 Å². The Morgan fingerprint density at radius 3 is 2.44 bits per heavy atom. The minimum atomic E-state index is -0.533. The van der Waals surface area contributed by atoms with Crippen molar-refractivity contribution in [2.75, 3.05) is 0 Å². The van der Waals surface area contributed by atoms with Gasteiger partial charge in [-0.3, -0.25) is 4.79 Å². The third-order valence-electron chi connectivity index (χ3n) is 5.13. The van der Waals surface area contributed by atoms with Crippen LogP contribution in [0.3, 0.4) is 0 Å². The molecule has 0 saturated heterocycles. The summed E-state index contributed by atoms with van der Waals surface area (Å²) < 4.78 is 0. The number of aliphatic carboxylic acids is 1. The van der Waals surface area contributed by atoms with Crippen LogP contribution in [0.2, 0.25) is 0 Å². The molecule has 0 amide bonds. The Hall–Kier alpha value is -0.530. The molecule has 2 heteroatoms. The van der Waals surface area contributed by atoms with Crippen molar-refractivity contribution in [1.29, 1.82) is 0 Å². The summed E-state index contributed by atoms with van der Waals surface area (Å²) in [5.41, 5.74) is 0.176. The predicted molar refractivity (Wildman–Crippen MR) is 64.3 cm³/mol. The van der Waals surface area contributed by atoms with E-state index in [0.717, 1.165) is 18.8 Å². The van der Waals surface area contributed by atoms with Gasteiger partial charge >= 0.3 is 5.97 Å². The summed E-state index contributed by atoms with van der Waals surface area (Å²) in [5, 5.41) is 9.38. The van der Waals surface area contributed by atoms with Gasteiger partial charge in [-0.25, -0.2) is 0 Å². The zero-order chi connectivity index (χ0) is 11.6. The summed E-state index contributed by atoms with van der Waals surface area (Å²) in [7, 11) is 0. The zero-order valence-corrected chi connectivity index (χ0v) is 10.4. The molecule has 1 spiro atoms. The molecule has 2 aliphatic carbocycles. The van der Waals surface area contributed by atoms with Crippen LogP contribution in [0.5, 0.6) is 0 Å². The van der Waals surface area contributed by atoms with E-state index in [-0.39, 0.29) is 11.3 Å². The fourth-order valence-electron chi connectivity index (χ4n) is 3.95. The first-order chi connectivity index (χ1) is 7.68. The van der Waals surface area contributed by atoms with Crippen molar-refractivity contribution in [3.8, 4) is 0 Å². The van der Waals surface area contributed by atoms with Gasteiger partial charge in [0.1, 0.15) is 0 Å². The first-order valence-electron chi connectivity index (χ1n) is 6.91. The maximum Gasteiger partial charge on any atom is 0.307 e. The Labute approximate surface area is 98.4 Å². The molecule has 1 atom stereocenters. The second-order valence-electron chi connectivity index (χ2n) is 5.85. The molecule has 92 valence electrons. The summed E-state index contributed by atoms with van der Waals surface area (Å²) in [4.78, 5) is 11.4. The fraction of sp³-hybridized carbons (Fsp3) is 0.929. The van der Waals surface area contributed by atoms with Crippen LogP contribution in [-0.2, 0) is 4.79 Å². The van der Waals surface area contributed by atoms with Crippen LogP contribution in [-0.4, -0.2) is 11.1 Å². The lowest BCUT2D eigenvalue weighted by molar-refractivity contribution is -0.150. The highest BCUT2D eigenvalue weighted by atomic mass is 16.4. The molecular formula is C14H24O2. The van der Waals surface area contributed by atoms with E-state index in [9.17, 15) is 9.90 Å². The van der Waals surface area contributed by atoms with Gasteiger partial charge in [-0.05, 0) is 49.9 Å². The Kier molecular flexibility index (Phi) is 3.56. The lowest BCUT2D eigenvalue weighted by atomic mass is 9.58. The zero-order valence-electron chi connectivity index (χ0n) is 10.4. The molecule has 1 unspecified atom stereocenters. The maximum atomic E-state index is 11.4. The number of hydrogen-bond acceptors (Lipinski definition) is 1. The van der Waals surface area contributed by atoms with E-state index >= 15 is 0 Å². The van der Waals surface area contributed by atoms with Crippen molar-refractivity contribution >= 4 is 5.97 Å². The van der Waals surface area contributed by atoms with Gasteiger partial charge in [0.25, 0.3) is 0 Å². The molecule has 16 heavy (non-hydrogen) atoms. The van der Waals surface area contributed by atoms with Crippen LogP contribution in [0.4, 0.5) is 0 Å². The second kappa shape index (κ2) is 4.77. The largest absolute Gasteiger partial charge is 0.481 e. The van der Waals surface area contributed by atoms with Crippen LogP contribution < -0.4 is 0 Å². The van der Waals surface area contributed by atoms with Crippen molar-refractivity contribution in [1.82, 2.24) is 0 Å². The molecule has 2 nitrogen and oxygen atoms in total. The monoisotopic (exact) mass is 224 g/mol. The Balaban J connectivity index is 2.07. The highest BCUT2D eigenvalue weighted by molar-refractivity contribution is 5.71. The number of carboxylic acids is 1. The number of rotatable bonds is 2. The average molecular weight is 224 g/mol. The van der Waals surface area contributed by atoms with Crippen LogP contribution in [0.25, 0.3) is 0 Å². The Morgan fingerprint density at radius 2 is 1.88 bits per heavy atom. The van der Waals surface area contributed by atoms with Gasteiger partial charge in [0.2, 0.25) is 0 Å². The van der Waals surface area contributed by atoms with Crippen LogP contribution in [0, 0.1) is 17.3 Å². The molecular weight excluding hydrogens is 200 g/mol. The summed E-state index contributed by atoms with van der Waals surface area (Å²) in [6.45, 7) is 2.26. The maximum absolute atomic E-state index is 11.4.